The number of hydrogen-bond donors (Lipinski definition) is 0. The Morgan fingerprint density at radius 1 is 1.00 bits per heavy atom. The van der Waals surface area contributed by atoms with Gasteiger partial charge in [0.2, 0.25) is 17.5 Å². The van der Waals surface area contributed by atoms with Gasteiger partial charge in [-0.2, -0.15) is 4.98 Å². The molecule has 1 amide bonds. The van der Waals surface area contributed by atoms with Crippen molar-refractivity contribution in [3.63, 3.8) is 0 Å². The summed E-state index contributed by atoms with van der Waals surface area (Å²) in [4.78, 5) is 23.5. The summed E-state index contributed by atoms with van der Waals surface area (Å²) in [5.74, 6) is 1.94. The first-order valence-electron chi connectivity index (χ1n) is 10.1. The molecule has 9 nitrogen and oxygen atoms in total. The number of carbonyl (C=O) groups is 1. The number of carbonyl (C=O) groups excluding carboxylic acids is 1. The van der Waals surface area contributed by atoms with Crippen LogP contribution in [0.25, 0.3) is 22.4 Å². The van der Waals surface area contributed by atoms with Crippen molar-refractivity contribution in [3.8, 4) is 17.1 Å². The third-order valence-electron chi connectivity index (χ3n) is 5.47. The number of hydrogen-bond acceptors (Lipinski definition) is 8. The molecular weight excluding hydrogens is 396 g/mol. The second-order valence-electron chi connectivity index (χ2n) is 7.38. The minimum Gasteiger partial charge on any atom is -0.497 e. The molecule has 5 rings (SSSR count). The van der Waals surface area contributed by atoms with Crippen LogP contribution >= 0.6 is 0 Å². The molecule has 0 saturated carbocycles. The maximum Gasteiger partial charge on any atom is 0.293 e. The molecular formula is C22H20N6O3. The highest BCUT2D eigenvalue weighted by Gasteiger charge is 2.29. The van der Waals surface area contributed by atoms with Crippen LogP contribution in [-0.2, 0) is 0 Å². The van der Waals surface area contributed by atoms with Crippen molar-refractivity contribution in [2.45, 2.75) is 18.8 Å². The van der Waals surface area contributed by atoms with Gasteiger partial charge in [-0.25, -0.2) is 4.98 Å². The Hall–Kier alpha value is -3.88. The van der Waals surface area contributed by atoms with E-state index in [0.29, 0.717) is 35.8 Å². The van der Waals surface area contributed by atoms with Crippen molar-refractivity contribution in [2.24, 2.45) is 0 Å². The molecule has 31 heavy (non-hydrogen) atoms. The Bertz CT molecular complexity index is 1220. The smallest absolute Gasteiger partial charge is 0.293 e. The molecule has 0 unspecified atom stereocenters. The van der Waals surface area contributed by atoms with Gasteiger partial charge in [-0.05, 0) is 49.2 Å². The summed E-state index contributed by atoms with van der Waals surface area (Å²) in [6.45, 7) is 1.14. The Morgan fingerprint density at radius 3 is 2.48 bits per heavy atom. The third-order valence-corrected chi connectivity index (χ3v) is 5.47. The maximum absolute atomic E-state index is 12.8. The molecule has 0 N–H and O–H groups in total. The van der Waals surface area contributed by atoms with Gasteiger partial charge in [0, 0.05) is 24.6 Å². The molecule has 2 aromatic heterocycles. The molecule has 2 aromatic carbocycles. The van der Waals surface area contributed by atoms with E-state index in [9.17, 15) is 4.79 Å². The number of nitrogens with zero attached hydrogens (tertiary/aromatic N) is 6. The zero-order valence-electron chi connectivity index (χ0n) is 16.9. The number of aromatic nitrogens is 5. The van der Waals surface area contributed by atoms with Crippen LogP contribution in [0.3, 0.4) is 0 Å². The minimum absolute atomic E-state index is 0.110. The van der Waals surface area contributed by atoms with Crippen LogP contribution in [0.4, 0.5) is 0 Å². The molecule has 0 atom stereocenters. The van der Waals surface area contributed by atoms with E-state index < -0.39 is 0 Å². The van der Waals surface area contributed by atoms with Crippen molar-refractivity contribution in [2.75, 3.05) is 20.2 Å². The van der Waals surface area contributed by atoms with E-state index in [1.807, 2.05) is 48.5 Å². The van der Waals surface area contributed by atoms with Gasteiger partial charge in [-0.3, -0.25) is 4.79 Å². The van der Waals surface area contributed by atoms with Crippen LogP contribution in [0.5, 0.6) is 5.75 Å². The summed E-state index contributed by atoms with van der Waals surface area (Å²) in [5.41, 5.74) is 2.19. The van der Waals surface area contributed by atoms with Crippen LogP contribution in [0.2, 0.25) is 0 Å². The Kier molecular flexibility index (Phi) is 4.99. The SMILES string of the molecule is COc1ccc(-c2noc(C3CCN(C(=O)c4nnc5ccccc5n4)CC3)n2)cc1. The molecule has 9 heteroatoms. The van der Waals surface area contributed by atoms with Crippen molar-refractivity contribution >= 4 is 16.9 Å². The number of rotatable bonds is 4. The van der Waals surface area contributed by atoms with Gasteiger partial charge in [-0.1, -0.05) is 17.3 Å². The number of amides is 1. The molecule has 0 spiro atoms. The minimum atomic E-state index is -0.207. The van der Waals surface area contributed by atoms with E-state index in [-0.39, 0.29) is 17.6 Å². The lowest BCUT2D eigenvalue weighted by Crippen LogP contribution is -2.38. The number of para-hydroxylation sites is 1. The fourth-order valence-corrected chi connectivity index (χ4v) is 3.70. The van der Waals surface area contributed by atoms with Crippen LogP contribution in [0.15, 0.2) is 53.1 Å². The molecule has 1 saturated heterocycles. The van der Waals surface area contributed by atoms with Gasteiger partial charge in [0.05, 0.1) is 12.6 Å². The average molecular weight is 416 g/mol. The number of fused-ring (bicyclic) bond motifs is 1. The summed E-state index contributed by atoms with van der Waals surface area (Å²) in [7, 11) is 1.63. The maximum atomic E-state index is 12.8. The van der Waals surface area contributed by atoms with Gasteiger partial charge >= 0.3 is 0 Å². The predicted molar refractivity (Wildman–Crippen MR) is 111 cm³/mol. The Morgan fingerprint density at radius 2 is 1.74 bits per heavy atom. The number of benzene rings is 2. The highest BCUT2D eigenvalue weighted by molar-refractivity contribution is 5.92. The van der Waals surface area contributed by atoms with E-state index >= 15 is 0 Å². The summed E-state index contributed by atoms with van der Waals surface area (Å²) in [5, 5.41) is 12.2. The molecule has 0 aliphatic carbocycles. The van der Waals surface area contributed by atoms with Gasteiger partial charge in [-0.15, -0.1) is 10.2 Å². The lowest BCUT2D eigenvalue weighted by molar-refractivity contribution is 0.0691. The quantitative estimate of drug-likeness (QED) is 0.499. The standard InChI is InChI=1S/C22H20N6O3/c1-30-16-8-6-14(7-9-16)19-24-21(31-27-19)15-10-12-28(13-11-15)22(29)20-23-17-4-2-3-5-18(17)25-26-20/h2-9,15H,10-13H2,1H3. The average Bonchev–Trinajstić information content (AvgIpc) is 3.34. The molecule has 1 aliphatic rings. The van der Waals surface area contributed by atoms with Crippen molar-refractivity contribution in [1.29, 1.82) is 0 Å². The van der Waals surface area contributed by atoms with Crippen molar-refractivity contribution in [3.05, 3.63) is 60.2 Å². The van der Waals surface area contributed by atoms with Crippen LogP contribution in [0, 0.1) is 0 Å². The molecule has 0 radical (unpaired) electrons. The van der Waals surface area contributed by atoms with E-state index in [0.717, 1.165) is 24.2 Å². The fourth-order valence-electron chi connectivity index (χ4n) is 3.70. The molecule has 3 heterocycles. The zero-order chi connectivity index (χ0) is 21.2. The number of methoxy groups -OCH3 is 1. The normalized spacial score (nSPS) is 14.7. The van der Waals surface area contributed by atoms with Crippen LogP contribution in [0.1, 0.15) is 35.3 Å². The number of piperidine rings is 1. The van der Waals surface area contributed by atoms with Gasteiger partial charge < -0.3 is 14.2 Å². The Labute approximate surface area is 178 Å². The molecule has 156 valence electrons. The number of ether oxygens (including phenoxy) is 1. The monoisotopic (exact) mass is 416 g/mol. The number of likely N-dealkylation sites (tertiary alicyclic amines) is 1. The molecule has 0 bridgehead atoms. The largest absolute Gasteiger partial charge is 0.497 e. The van der Waals surface area contributed by atoms with E-state index in [1.165, 1.54) is 0 Å². The molecule has 1 fully saturated rings. The van der Waals surface area contributed by atoms with E-state index in [2.05, 4.69) is 25.3 Å². The lowest BCUT2D eigenvalue weighted by atomic mass is 9.96. The van der Waals surface area contributed by atoms with Crippen molar-refractivity contribution < 1.29 is 14.1 Å². The van der Waals surface area contributed by atoms with Gasteiger partial charge in [0.25, 0.3) is 5.91 Å². The van der Waals surface area contributed by atoms with Crippen LogP contribution in [-0.4, -0.2) is 56.3 Å². The second-order valence-corrected chi connectivity index (χ2v) is 7.38. The highest BCUT2D eigenvalue weighted by Crippen LogP contribution is 2.29. The van der Waals surface area contributed by atoms with Crippen molar-refractivity contribution in [1.82, 2.24) is 30.2 Å². The topological polar surface area (TPSA) is 107 Å². The molecule has 4 aromatic rings. The summed E-state index contributed by atoms with van der Waals surface area (Å²) in [6.07, 6.45) is 1.47. The highest BCUT2D eigenvalue weighted by atomic mass is 16.5. The zero-order valence-corrected chi connectivity index (χ0v) is 16.9. The summed E-state index contributed by atoms with van der Waals surface area (Å²) < 4.78 is 10.7. The fraction of sp³-hybridized carbons (Fsp3) is 0.273. The predicted octanol–water partition coefficient (Wildman–Crippen LogP) is 3.10. The van der Waals surface area contributed by atoms with Gasteiger partial charge in [0.15, 0.2) is 0 Å². The third kappa shape index (κ3) is 3.81. The first-order valence-corrected chi connectivity index (χ1v) is 10.1. The Balaban J connectivity index is 1.24. The van der Waals surface area contributed by atoms with Gasteiger partial charge in [0.1, 0.15) is 11.3 Å². The first-order chi connectivity index (χ1) is 15.2. The van der Waals surface area contributed by atoms with Crippen LogP contribution < -0.4 is 4.74 Å². The summed E-state index contributed by atoms with van der Waals surface area (Å²) in [6, 6.07) is 14.9. The second kappa shape index (κ2) is 8.10. The summed E-state index contributed by atoms with van der Waals surface area (Å²) >= 11 is 0. The first kappa shape index (κ1) is 19.1. The van der Waals surface area contributed by atoms with E-state index in [1.54, 1.807) is 12.0 Å². The molecule has 1 aliphatic heterocycles. The van der Waals surface area contributed by atoms with E-state index in [4.69, 9.17) is 9.26 Å². The lowest BCUT2D eigenvalue weighted by Gasteiger charge is -2.29.